The van der Waals surface area contributed by atoms with Crippen LogP contribution in [0.1, 0.15) is 40.7 Å². The van der Waals surface area contributed by atoms with Crippen molar-refractivity contribution >= 4 is 22.7 Å². The maximum atomic E-state index is 12.5. The largest absolute Gasteiger partial charge is 0.343 e. The van der Waals surface area contributed by atoms with E-state index in [9.17, 15) is 9.59 Å². The fourth-order valence-electron chi connectivity index (χ4n) is 4.34. The Morgan fingerprint density at radius 3 is 2.79 bits per heavy atom. The second-order valence-corrected chi connectivity index (χ2v) is 8.48. The van der Waals surface area contributed by atoms with Crippen molar-refractivity contribution in [2.75, 3.05) is 19.6 Å². The molecule has 4 aromatic rings. The van der Waals surface area contributed by atoms with Crippen LogP contribution in [0.2, 0.25) is 0 Å². The number of nitrogens with zero attached hydrogens (tertiary/aromatic N) is 6. The number of amides is 2. The van der Waals surface area contributed by atoms with Crippen LogP contribution in [0.3, 0.4) is 0 Å². The van der Waals surface area contributed by atoms with E-state index in [1.807, 2.05) is 36.9 Å². The summed E-state index contributed by atoms with van der Waals surface area (Å²) in [6, 6.07) is 9.37. The molecule has 1 aromatic carbocycles. The number of likely N-dealkylation sites (tertiary alicyclic amines) is 1. The third kappa shape index (κ3) is 4.26. The number of benzene rings is 1. The normalized spacial score (nSPS) is 14.5. The lowest BCUT2D eigenvalue weighted by Crippen LogP contribution is -2.43. The number of pyridine rings is 1. The average molecular weight is 460 g/mol. The zero-order valence-electron chi connectivity index (χ0n) is 19.1. The van der Waals surface area contributed by atoms with E-state index < -0.39 is 0 Å². The summed E-state index contributed by atoms with van der Waals surface area (Å²) in [4.78, 5) is 35.0. The third-order valence-corrected chi connectivity index (χ3v) is 6.26. The van der Waals surface area contributed by atoms with Gasteiger partial charge in [-0.05, 0) is 38.0 Å². The van der Waals surface area contributed by atoms with Gasteiger partial charge in [-0.1, -0.05) is 17.3 Å². The van der Waals surface area contributed by atoms with Crippen molar-refractivity contribution in [2.24, 2.45) is 7.05 Å². The van der Waals surface area contributed by atoms with E-state index in [2.05, 4.69) is 25.5 Å². The molecule has 1 aliphatic heterocycles. The Morgan fingerprint density at radius 1 is 1.21 bits per heavy atom. The highest BCUT2D eigenvalue weighted by atomic mass is 16.5. The zero-order valence-corrected chi connectivity index (χ0v) is 19.1. The molecule has 1 fully saturated rings. The average Bonchev–Trinajstić information content (AvgIpc) is 3.47. The Hall–Kier alpha value is -4.08. The molecule has 10 heteroatoms. The Kier molecular flexibility index (Phi) is 5.79. The summed E-state index contributed by atoms with van der Waals surface area (Å²) in [5, 5.41) is 12.4. The molecule has 1 N–H and O–H groups in total. The summed E-state index contributed by atoms with van der Waals surface area (Å²) in [6.45, 7) is 3.09. The van der Waals surface area contributed by atoms with Gasteiger partial charge in [-0.15, -0.1) is 0 Å². The van der Waals surface area contributed by atoms with Crippen LogP contribution >= 0.6 is 0 Å². The van der Waals surface area contributed by atoms with E-state index in [1.54, 1.807) is 23.2 Å². The van der Waals surface area contributed by atoms with Crippen molar-refractivity contribution in [3.8, 4) is 11.4 Å². The second kappa shape index (κ2) is 9.05. The predicted octanol–water partition coefficient (Wildman–Crippen LogP) is 2.46. The lowest BCUT2D eigenvalue weighted by molar-refractivity contribution is -0.131. The molecule has 0 spiro atoms. The summed E-state index contributed by atoms with van der Waals surface area (Å²) >= 11 is 0. The maximum Gasteiger partial charge on any atom is 0.253 e. The standard InChI is InChI=1S/C24H25N7O3/c1-15-19-6-5-17(12-20(19)30(2)28-15)22-27-24(34-29-22)16-7-10-31(11-8-16)21(32)14-26-23(33)18-4-3-9-25-13-18/h3-6,9,12-13,16H,7-8,10-11,14H2,1-2H3,(H,26,33). The molecule has 5 rings (SSSR count). The van der Waals surface area contributed by atoms with E-state index in [-0.39, 0.29) is 24.3 Å². The minimum atomic E-state index is -0.311. The Morgan fingerprint density at radius 2 is 2.03 bits per heavy atom. The van der Waals surface area contributed by atoms with Gasteiger partial charge in [-0.3, -0.25) is 19.3 Å². The number of carbonyl (C=O) groups is 2. The number of carbonyl (C=O) groups excluding carboxylic acids is 2. The summed E-state index contributed by atoms with van der Waals surface area (Å²) in [6.07, 6.45) is 4.52. The molecule has 1 saturated heterocycles. The van der Waals surface area contributed by atoms with Crippen molar-refractivity contribution in [1.29, 1.82) is 0 Å². The number of rotatable bonds is 5. The van der Waals surface area contributed by atoms with Gasteiger partial charge < -0.3 is 14.7 Å². The first-order valence-electron chi connectivity index (χ1n) is 11.2. The number of hydrogen-bond acceptors (Lipinski definition) is 7. The number of aryl methyl sites for hydroxylation is 2. The fraction of sp³-hybridized carbons (Fsp3) is 0.333. The molecule has 0 atom stereocenters. The third-order valence-electron chi connectivity index (χ3n) is 6.26. The first kappa shape index (κ1) is 21.7. The molecule has 0 saturated carbocycles. The van der Waals surface area contributed by atoms with Gasteiger partial charge in [-0.25, -0.2) is 0 Å². The molecule has 3 aromatic heterocycles. The number of aromatic nitrogens is 5. The van der Waals surface area contributed by atoms with Crippen LogP contribution in [0.5, 0.6) is 0 Å². The number of piperidine rings is 1. The lowest BCUT2D eigenvalue weighted by atomic mass is 9.96. The Bertz CT molecular complexity index is 1340. The van der Waals surface area contributed by atoms with Crippen LogP contribution in [0, 0.1) is 6.92 Å². The number of fused-ring (bicyclic) bond motifs is 1. The van der Waals surface area contributed by atoms with Crippen LogP contribution in [0.4, 0.5) is 0 Å². The van der Waals surface area contributed by atoms with Gasteiger partial charge in [0.1, 0.15) is 0 Å². The summed E-state index contributed by atoms with van der Waals surface area (Å²) in [7, 11) is 1.92. The molecule has 10 nitrogen and oxygen atoms in total. The van der Waals surface area contributed by atoms with Crippen LogP contribution in [-0.4, -0.2) is 61.3 Å². The van der Waals surface area contributed by atoms with E-state index in [0.29, 0.717) is 30.4 Å². The molecule has 4 heterocycles. The van der Waals surface area contributed by atoms with E-state index in [4.69, 9.17) is 4.52 Å². The molecule has 0 bridgehead atoms. The first-order chi connectivity index (χ1) is 16.5. The van der Waals surface area contributed by atoms with E-state index >= 15 is 0 Å². The molecule has 0 radical (unpaired) electrons. The van der Waals surface area contributed by atoms with Crippen LogP contribution < -0.4 is 5.32 Å². The van der Waals surface area contributed by atoms with E-state index in [0.717, 1.165) is 35.0 Å². The number of hydrogen-bond donors (Lipinski definition) is 1. The SMILES string of the molecule is Cc1nn(C)c2cc(-c3noc(C4CCN(C(=O)CNC(=O)c5cccnc5)CC4)n3)ccc12. The van der Waals surface area contributed by atoms with Gasteiger partial charge in [0.2, 0.25) is 17.6 Å². The predicted molar refractivity (Wildman–Crippen MR) is 124 cm³/mol. The molecule has 1 aliphatic rings. The van der Waals surface area contributed by atoms with E-state index in [1.165, 1.54) is 6.20 Å². The molecule has 34 heavy (non-hydrogen) atoms. The Labute approximate surface area is 196 Å². The highest BCUT2D eigenvalue weighted by molar-refractivity contribution is 5.96. The van der Waals surface area contributed by atoms with Crippen LogP contribution in [0.15, 0.2) is 47.2 Å². The van der Waals surface area contributed by atoms with Crippen molar-refractivity contribution in [2.45, 2.75) is 25.7 Å². The number of nitrogens with one attached hydrogen (secondary N) is 1. The molecule has 0 unspecified atom stereocenters. The minimum absolute atomic E-state index is 0.0426. The van der Waals surface area contributed by atoms with Gasteiger partial charge in [-0.2, -0.15) is 10.1 Å². The van der Waals surface area contributed by atoms with Crippen molar-refractivity contribution in [3.05, 3.63) is 59.9 Å². The van der Waals surface area contributed by atoms with Crippen molar-refractivity contribution in [1.82, 2.24) is 35.1 Å². The fourth-order valence-corrected chi connectivity index (χ4v) is 4.34. The molecular formula is C24H25N7O3. The van der Waals surface area contributed by atoms with Gasteiger partial charge in [0.25, 0.3) is 5.91 Å². The maximum absolute atomic E-state index is 12.5. The van der Waals surface area contributed by atoms with Crippen molar-refractivity contribution in [3.63, 3.8) is 0 Å². The first-order valence-corrected chi connectivity index (χ1v) is 11.2. The molecule has 0 aliphatic carbocycles. The summed E-state index contributed by atoms with van der Waals surface area (Å²) in [5.74, 6) is 0.814. The van der Waals surface area contributed by atoms with Gasteiger partial charge in [0, 0.05) is 49.4 Å². The van der Waals surface area contributed by atoms with Crippen molar-refractivity contribution < 1.29 is 14.1 Å². The van der Waals surface area contributed by atoms with Crippen LogP contribution in [0.25, 0.3) is 22.3 Å². The quantitative estimate of drug-likeness (QED) is 0.487. The Balaban J connectivity index is 1.17. The topological polar surface area (TPSA) is 119 Å². The highest BCUT2D eigenvalue weighted by Crippen LogP contribution is 2.30. The monoisotopic (exact) mass is 459 g/mol. The van der Waals surface area contributed by atoms with Gasteiger partial charge in [0.15, 0.2) is 0 Å². The zero-order chi connectivity index (χ0) is 23.7. The minimum Gasteiger partial charge on any atom is -0.343 e. The highest BCUT2D eigenvalue weighted by Gasteiger charge is 2.28. The van der Waals surface area contributed by atoms with Gasteiger partial charge in [0.05, 0.1) is 23.3 Å². The lowest BCUT2D eigenvalue weighted by Gasteiger charge is -2.30. The van der Waals surface area contributed by atoms with Crippen LogP contribution in [-0.2, 0) is 11.8 Å². The molecule has 174 valence electrons. The smallest absolute Gasteiger partial charge is 0.253 e. The summed E-state index contributed by atoms with van der Waals surface area (Å²) in [5.41, 5.74) is 3.31. The van der Waals surface area contributed by atoms with Gasteiger partial charge >= 0.3 is 0 Å². The molecular weight excluding hydrogens is 434 g/mol. The molecule has 2 amide bonds. The summed E-state index contributed by atoms with van der Waals surface area (Å²) < 4.78 is 7.43. The second-order valence-electron chi connectivity index (χ2n) is 8.48.